The summed E-state index contributed by atoms with van der Waals surface area (Å²) in [4.78, 5) is 2.73. The number of piperidine rings is 1. The monoisotopic (exact) mass is 395 g/mol. The van der Waals surface area contributed by atoms with Gasteiger partial charge in [0.15, 0.2) is 0 Å². The summed E-state index contributed by atoms with van der Waals surface area (Å²) in [5.74, 6) is 2.38. The number of nitrogens with zero attached hydrogens (tertiary/aromatic N) is 4. The Morgan fingerprint density at radius 3 is 2.59 bits per heavy atom. The minimum atomic E-state index is 0.223. The van der Waals surface area contributed by atoms with Gasteiger partial charge in [0.25, 0.3) is 0 Å². The van der Waals surface area contributed by atoms with Gasteiger partial charge in [-0.1, -0.05) is 35.5 Å². The van der Waals surface area contributed by atoms with E-state index in [1.807, 2.05) is 25.3 Å². The Labute approximate surface area is 173 Å². The van der Waals surface area contributed by atoms with E-state index in [-0.39, 0.29) is 12.1 Å². The molecule has 156 valence electrons. The molecule has 0 amide bonds. The summed E-state index contributed by atoms with van der Waals surface area (Å²) < 4.78 is 8.02. The molecule has 0 radical (unpaired) electrons. The zero-order valence-electron chi connectivity index (χ0n) is 17.4. The Hall–Kier alpha value is -1.76. The molecule has 2 aromatic rings. The van der Waals surface area contributed by atoms with Crippen molar-refractivity contribution >= 4 is 0 Å². The molecule has 1 N–H and O–H groups in total. The molecule has 4 atom stereocenters. The summed E-state index contributed by atoms with van der Waals surface area (Å²) in [6.45, 7) is 6.14. The van der Waals surface area contributed by atoms with Gasteiger partial charge in [0.05, 0.1) is 18.3 Å². The third-order valence-electron chi connectivity index (χ3n) is 7.36. The maximum atomic E-state index is 5.95. The number of aromatic nitrogens is 3. The number of benzene rings is 1. The summed E-state index contributed by atoms with van der Waals surface area (Å²) in [5.41, 5.74) is 2.07. The number of ether oxygens (including phenoxy) is 1. The molecule has 5 rings (SSSR count). The number of fused-ring (bicyclic) bond motifs is 1. The molecule has 3 aliphatic rings. The number of likely N-dealkylation sites (tertiary alicyclic amines) is 1. The topological polar surface area (TPSA) is 55.2 Å². The van der Waals surface area contributed by atoms with Crippen LogP contribution in [-0.2, 0) is 4.74 Å². The molecule has 1 aromatic carbocycles. The summed E-state index contributed by atoms with van der Waals surface area (Å²) in [6, 6.07) is 10.6. The molecule has 6 heteroatoms. The summed E-state index contributed by atoms with van der Waals surface area (Å²) >= 11 is 0. The van der Waals surface area contributed by atoms with Crippen molar-refractivity contribution in [1.82, 2.24) is 25.2 Å². The highest BCUT2D eigenvalue weighted by molar-refractivity contribution is 5.57. The SMILES string of the molecule is CO[C@@H]1C[C@H]2CN(CC3CCNCC3)C[C@H]2C[C@H]1n1cc(-c2ccccc2)nn1. The minimum absolute atomic E-state index is 0.223. The van der Waals surface area contributed by atoms with Gasteiger partial charge >= 0.3 is 0 Å². The highest BCUT2D eigenvalue weighted by Gasteiger charge is 2.43. The van der Waals surface area contributed by atoms with Crippen molar-refractivity contribution in [3.63, 3.8) is 0 Å². The quantitative estimate of drug-likeness (QED) is 0.844. The molecule has 2 saturated heterocycles. The van der Waals surface area contributed by atoms with E-state index in [2.05, 4.69) is 43.5 Å². The van der Waals surface area contributed by atoms with Crippen LogP contribution in [0.2, 0.25) is 0 Å². The fraction of sp³-hybridized carbons (Fsp3) is 0.652. The number of rotatable bonds is 5. The number of nitrogens with one attached hydrogen (secondary N) is 1. The largest absolute Gasteiger partial charge is 0.379 e. The Morgan fingerprint density at radius 2 is 1.83 bits per heavy atom. The minimum Gasteiger partial charge on any atom is -0.379 e. The van der Waals surface area contributed by atoms with E-state index in [1.54, 1.807) is 0 Å². The lowest BCUT2D eigenvalue weighted by Gasteiger charge is -2.37. The first-order valence-corrected chi connectivity index (χ1v) is 11.2. The van der Waals surface area contributed by atoms with Crippen molar-refractivity contribution in [2.24, 2.45) is 17.8 Å². The predicted octanol–water partition coefficient (Wildman–Crippen LogP) is 2.84. The van der Waals surface area contributed by atoms with E-state index in [1.165, 1.54) is 45.6 Å². The lowest BCUT2D eigenvalue weighted by atomic mass is 9.77. The maximum Gasteiger partial charge on any atom is 0.113 e. The molecule has 6 nitrogen and oxygen atoms in total. The molecule has 1 saturated carbocycles. The molecule has 0 unspecified atom stereocenters. The predicted molar refractivity (Wildman–Crippen MR) is 114 cm³/mol. The Bertz CT molecular complexity index is 788. The van der Waals surface area contributed by atoms with Crippen molar-refractivity contribution in [3.8, 4) is 11.3 Å². The van der Waals surface area contributed by atoms with E-state index in [4.69, 9.17) is 4.74 Å². The van der Waals surface area contributed by atoms with Gasteiger partial charge in [-0.3, -0.25) is 0 Å². The third-order valence-corrected chi connectivity index (χ3v) is 7.36. The molecular weight excluding hydrogens is 362 g/mol. The molecule has 3 heterocycles. The van der Waals surface area contributed by atoms with Crippen LogP contribution in [0.15, 0.2) is 36.5 Å². The highest BCUT2D eigenvalue weighted by atomic mass is 16.5. The van der Waals surface area contributed by atoms with E-state index in [0.29, 0.717) is 0 Å². The molecule has 1 aromatic heterocycles. The maximum absolute atomic E-state index is 5.95. The van der Waals surface area contributed by atoms with Crippen LogP contribution in [0.1, 0.15) is 31.7 Å². The second kappa shape index (κ2) is 8.54. The van der Waals surface area contributed by atoms with Crippen molar-refractivity contribution in [2.75, 3.05) is 39.8 Å². The van der Waals surface area contributed by atoms with Crippen molar-refractivity contribution in [1.29, 1.82) is 0 Å². The second-order valence-electron chi connectivity index (χ2n) is 9.19. The molecule has 0 bridgehead atoms. The molecule has 2 aliphatic heterocycles. The van der Waals surface area contributed by atoms with Gasteiger partial charge in [-0.2, -0.15) is 0 Å². The van der Waals surface area contributed by atoms with Crippen LogP contribution in [-0.4, -0.2) is 65.8 Å². The van der Waals surface area contributed by atoms with Gasteiger partial charge in [-0.05, 0) is 56.5 Å². The Balaban J connectivity index is 1.27. The van der Waals surface area contributed by atoms with Crippen molar-refractivity contribution in [3.05, 3.63) is 36.5 Å². The van der Waals surface area contributed by atoms with Gasteiger partial charge in [0.2, 0.25) is 0 Å². The Kier molecular flexibility index (Phi) is 5.66. The third kappa shape index (κ3) is 4.11. The smallest absolute Gasteiger partial charge is 0.113 e. The fourth-order valence-corrected chi connectivity index (χ4v) is 5.78. The van der Waals surface area contributed by atoms with Gasteiger partial charge in [-0.25, -0.2) is 4.68 Å². The first kappa shape index (κ1) is 19.2. The summed E-state index contributed by atoms with van der Waals surface area (Å²) in [6.07, 6.45) is 7.26. The van der Waals surface area contributed by atoms with Crippen LogP contribution in [0.4, 0.5) is 0 Å². The van der Waals surface area contributed by atoms with E-state index in [0.717, 1.165) is 41.9 Å². The van der Waals surface area contributed by atoms with Gasteiger partial charge in [-0.15, -0.1) is 5.10 Å². The van der Waals surface area contributed by atoms with E-state index < -0.39 is 0 Å². The van der Waals surface area contributed by atoms with Gasteiger partial charge in [0, 0.05) is 32.3 Å². The van der Waals surface area contributed by atoms with Crippen LogP contribution in [0, 0.1) is 17.8 Å². The van der Waals surface area contributed by atoms with Crippen molar-refractivity contribution < 1.29 is 4.74 Å². The average molecular weight is 396 g/mol. The van der Waals surface area contributed by atoms with Crippen molar-refractivity contribution in [2.45, 2.75) is 37.8 Å². The number of methoxy groups -OCH3 is 1. The fourth-order valence-electron chi connectivity index (χ4n) is 5.78. The van der Waals surface area contributed by atoms with Crippen LogP contribution >= 0.6 is 0 Å². The molecular formula is C23H33N5O. The van der Waals surface area contributed by atoms with Crippen LogP contribution in [0.25, 0.3) is 11.3 Å². The summed E-state index contributed by atoms with van der Waals surface area (Å²) in [7, 11) is 1.86. The number of hydrogen-bond acceptors (Lipinski definition) is 5. The van der Waals surface area contributed by atoms with Crippen LogP contribution < -0.4 is 5.32 Å². The zero-order chi connectivity index (χ0) is 19.6. The number of hydrogen-bond donors (Lipinski definition) is 1. The van der Waals surface area contributed by atoms with Gasteiger partial charge in [0.1, 0.15) is 5.69 Å². The molecule has 0 spiro atoms. The average Bonchev–Trinajstić information content (AvgIpc) is 3.40. The lowest BCUT2D eigenvalue weighted by Crippen LogP contribution is -2.37. The highest BCUT2D eigenvalue weighted by Crippen LogP contribution is 2.42. The zero-order valence-corrected chi connectivity index (χ0v) is 17.4. The van der Waals surface area contributed by atoms with Crippen LogP contribution in [0.3, 0.4) is 0 Å². The molecule has 3 fully saturated rings. The summed E-state index contributed by atoms with van der Waals surface area (Å²) in [5, 5.41) is 12.4. The van der Waals surface area contributed by atoms with Crippen LogP contribution in [0.5, 0.6) is 0 Å². The molecule has 29 heavy (non-hydrogen) atoms. The Morgan fingerprint density at radius 1 is 1.07 bits per heavy atom. The van der Waals surface area contributed by atoms with Gasteiger partial charge < -0.3 is 15.0 Å². The first-order chi connectivity index (χ1) is 14.3. The molecule has 1 aliphatic carbocycles. The lowest BCUT2D eigenvalue weighted by molar-refractivity contribution is -0.00545. The second-order valence-corrected chi connectivity index (χ2v) is 9.19. The normalized spacial score (nSPS) is 31.1. The van der Waals surface area contributed by atoms with E-state index >= 15 is 0 Å². The standard InChI is InChI=1S/C23H33N5O/c1-29-23-12-20-15-27(13-17-7-9-24-10-8-17)14-19(20)11-22(23)28-16-21(25-26-28)18-5-3-2-4-6-18/h2-6,16-17,19-20,22-24H,7-15H2,1H3/t19-,20+,22-,23-/m1/s1. The van der Waals surface area contributed by atoms with E-state index in [9.17, 15) is 0 Å². The first-order valence-electron chi connectivity index (χ1n) is 11.2.